The van der Waals surface area contributed by atoms with Gasteiger partial charge in [-0.3, -0.25) is 4.90 Å². The number of ether oxygens (including phenoxy) is 1. The van der Waals surface area contributed by atoms with Crippen molar-refractivity contribution in [2.24, 2.45) is 0 Å². The van der Waals surface area contributed by atoms with Gasteiger partial charge in [-0.25, -0.2) is 13.1 Å². The molecule has 0 saturated carbocycles. The molecule has 1 atom stereocenters. The van der Waals surface area contributed by atoms with Gasteiger partial charge in [-0.05, 0) is 59.3 Å². The average Bonchev–Trinajstić information content (AvgIpc) is 2.64. The van der Waals surface area contributed by atoms with Crippen LogP contribution in [-0.2, 0) is 14.8 Å². The Bertz CT molecular complexity index is 817. The third-order valence-corrected chi connectivity index (χ3v) is 6.70. The van der Waals surface area contributed by atoms with Crippen LogP contribution in [0.15, 0.2) is 53.4 Å². The third-order valence-electron chi connectivity index (χ3n) is 4.54. The summed E-state index contributed by atoms with van der Waals surface area (Å²) in [6.45, 7) is 5.32. The quantitative estimate of drug-likeness (QED) is 0.639. The monoisotopic (exact) mass is 486 g/mol. The summed E-state index contributed by atoms with van der Waals surface area (Å²) in [6, 6.07) is 15.1. The van der Waals surface area contributed by atoms with E-state index < -0.39 is 10.0 Å². The lowest BCUT2D eigenvalue weighted by Crippen LogP contribution is -2.43. The Morgan fingerprint density at radius 3 is 2.31 bits per heavy atom. The molecule has 1 saturated heterocycles. The van der Waals surface area contributed by atoms with Gasteiger partial charge in [-0.2, -0.15) is 0 Å². The van der Waals surface area contributed by atoms with Crippen molar-refractivity contribution in [3.63, 3.8) is 0 Å². The van der Waals surface area contributed by atoms with E-state index in [0.717, 1.165) is 22.2 Å². The first-order valence-corrected chi connectivity index (χ1v) is 11.2. The van der Waals surface area contributed by atoms with Gasteiger partial charge in [0.1, 0.15) is 0 Å². The van der Waals surface area contributed by atoms with E-state index in [4.69, 9.17) is 4.74 Å². The van der Waals surface area contributed by atoms with E-state index in [9.17, 15) is 8.42 Å². The topological polar surface area (TPSA) is 58.6 Å². The van der Waals surface area contributed by atoms with Gasteiger partial charge in [0.05, 0.1) is 18.1 Å². The zero-order valence-electron chi connectivity index (χ0n) is 14.7. The largest absolute Gasteiger partial charge is 0.379 e. The minimum atomic E-state index is -3.54. The van der Waals surface area contributed by atoms with E-state index in [0.29, 0.717) is 24.7 Å². The van der Waals surface area contributed by atoms with Gasteiger partial charge < -0.3 is 4.74 Å². The summed E-state index contributed by atoms with van der Waals surface area (Å²) in [6.07, 6.45) is 0. The maximum absolute atomic E-state index is 12.7. The van der Waals surface area contributed by atoms with Crippen LogP contribution in [0.3, 0.4) is 0 Å². The molecule has 1 N–H and O–H groups in total. The molecule has 1 fully saturated rings. The van der Waals surface area contributed by atoms with E-state index in [1.165, 1.54) is 5.56 Å². The normalized spacial score (nSPS) is 17.2. The SMILES string of the molecule is Cc1ccc(C(CNS(=O)(=O)c2ccc(I)cc2)N2CCOCC2)cc1. The number of benzene rings is 2. The molecule has 0 radical (unpaired) electrons. The summed E-state index contributed by atoms with van der Waals surface area (Å²) in [4.78, 5) is 2.58. The van der Waals surface area contributed by atoms with Crippen molar-refractivity contribution in [1.82, 2.24) is 9.62 Å². The van der Waals surface area contributed by atoms with Crippen LogP contribution in [0.2, 0.25) is 0 Å². The predicted octanol–water partition coefficient (Wildman–Crippen LogP) is 2.95. The minimum absolute atomic E-state index is 0.0156. The molecule has 2 aromatic carbocycles. The number of rotatable bonds is 6. The van der Waals surface area contributed by atoms with E-state index in [-0.39, 0.29) is 6.04 Å². The molecule has 3 rings (SSSR count). The molecular formula is C19H23IN2O3S. The molecule has 1 aliphatic heterocycles. The van der Waals surface area contributed by atoms with Crippen molar-refractivity contribution >= 4 is 32.6 Å². The Balaban J connectivity index is 1.78. The summed E-state index contributed by atoms with van der Waals surface area (Å²) in [7, 11) is -3.54. The van der Waals surface area contributed by atoms with Crippen LogP contribution in [0.25, 0.3) is 0 Å². The van der Waals surface area contributed by atoms with Gasteiger partial charge in [0, 0.05) is 29.2 Å². The zero-order chi connectivity index (χ0) is 18.6. The first-order valence-electron chi connectivity index (χ1n) is 8.59. The zero-order valence-corrected chi connectivity index (χ0v) is 17.7. The molecule has 140 valence electrons. The van der Waals surface area contributed by atoms with Crippen molar-refractivity contribution in [3.8, 4) is 0 Å². The third kappa shape index (κ3) is 5.04. The van der Waals surface area contributed by atoms with Gasteiger partial charge in [-0.15, -0.1) is 0 Å². The fraction of sp³-hybridized carbons (Fsp3) is 0.368. The van der Waals surface area contributed by atoms with Crippen LogP contribution in [0.5, 0.6) is 0 Å². The number of hydrogen-bond acceptors (Lipinski definition) is 4. The maximum atomic E-state index is 12.7. The average molecular weight is 486 g/mol. The minimum Gasteiger partial charge on any atom is -0.379 e. The second-order valence-corrected chi connectivity index (χ2v) is 9.39. The number of aryl methyl sites for hydroxylation is 1. The molecule has 5 nitrogen and oxygen atoms in total. The first kappa shape index (κ1) is 19.8. The van der Waals surface area contributed by atoms with Gasteiger partial charge in [-0.1, -0.05) is 29.8 Å². The van der Waals surface area contributed by atoms with Crippen LogP contribution in [0.1, 0.15) is 17.2 Å². The number of morpholine rings is 1. The molecular weight excluding hydrogens is 463 g/mol. The summed E-state index contributed by atoms with van der Waals surface area (Å²) >= 11 is 2.16. The highest BCUT2D eigenvalue weighted by Crippen LogP contribution is 2.23. The maximum Gasteiger partial charge on any atom is 0.240 e. The number of halogens is 1. The fourth-order valence-electron chi connectivity index (χ4n) is 3.02. The molecule has 0 aliphatic carbocycles. The van der Waals surface area contributed by atoms with E-state index >= 15 is 0 Å². The van der Waals surface area contributed by atoms with Crippen molar-refractivity contribution in [1.29, 1.82) is 0 Å². The second-order valence-electron chi connectivity index (χ2n) is 6.38. The van der Waals surface area contributed by atoms with Crippen molar-refractivity contribution in [2.75, 3.05) is 32.8 Å². The van der Waals surface area contributed by atoms with Gasteiger partial charge >= 0.3 is 0 Å². The van der Waals surface area contributed by atoms with Gasteiger partial charge in [0.25, 0.3) is 0 Å². The van der Waals surface area contributed by atoms with Crippen molar-refractivity contribution < 1.29 is 13.2 Å². The Hall–Kier alpha value is -1.00. The summed E-state index contributed by atoms with van der Waals surface area (Å²) < 4.78 is 34.6. The lowest BCUT2D eigenvalue weighted by Gasteiger charge is -2.35. The summed E-state index contributed by atoms with van der Waals surface area (Å²) in [5.41, 5.74) is 2.30. The van der Waals surface area contributed by atoms with Gasteiger partial charge in [0.2, 0.25) is 10.0 Å². The predicted molar refractivity (Wildman–Crippen MR) is 111 cm³/mol. The van der Waals surface area contributed by atoms with Crippen LogP contribution >= 0.6 is 22.6 Å². The number of hydrogen-bond donors (Lipinski definition) is 1. The number of nitrogens with one attached hydrogen (secondary N) is 1. The fourth-order valence-corrected chi connectivity index (χ4v) is 4.42. The molecule has 1 aliphatic rings. The molecule has 0 bridgehead atoms. The highest BCUT2D eigenvalue weighted by Gasteiger charge is 2.25. The van der Waals surface area contributed by atoms with Gasteiger partial charge in [0.15, 0.2) is 0 Å². The second kappa shape index (κ2) is 8.79. The molecule has 0 aromatic heterocycles. The van der Waals surface area contributed by atoms with E-state index in [2.05, 4.69) is 56.5 Å². The Kier molecular flexibility index (Phi) is 6.68. The molecule has 1 unspecified atom stereocenters. The lowest BCUT2D eigenvalue weighted by atomic mass is 10.0. The Labute approximate surface area is 168 Å². The van der Waals surface area contributed by atoms with Crippen molar-refractivity contribution in [2.45, 2.75) is 17.9 Å². The van der Waals surface area contributed by atoms with E-state index in [1.807, 2.05) is 6.92 Å². The number of nitrogens with zero attached hydrogens (tertiary/aromatic N) is 1. The lowest BCUT2D eigenvalue weighted by molar-refractivity contribution is 0.0172. The smallest absolute Gasteiger partial charge is 0.240 e. The van der Waals surface area contributed by atoms with Crippen LogP contribution in [-0.4, -0.2) is 46.2 Å². The van der Waals surface area contributed by atoms with Crippen LogP contribution < -0.4 is 4.72 Å². The molecule has 0 spiro atoms. The Morgan fingerprint density at radius 2 is 1.69 bits per heavy atom. The molecule has 2 aromatic rings. The standard InChI is InChI=1S/C19H23IN2O3S/c1-15-2-4-16(5-3-15)19(22-10-12-25-13-11-22)14-21-26(23,24)18-8-6-17(20)7-9-18/h2-9,19,21H,10-14H2,1H3. The molecule has 26 heavy (non-hydrogen) atoms. The Morgan fingerprint density at radius 1 is 1.08 bits per heavy atom. The number of sulfonamides is 1. The summed E-state index contributed by atoms with van der Waals surface area (Å²) in [5, 5.41) is 0. The molecule has 1 heterocycles. The van der Waals surface area contributed by atoms with E-state index in [1.54, 1.807) is 24.3 Å². The highest BCUT2D eigenvalue weighted by atomic mass is 127. The summed E-state index contributed by atoms with van der Waals surface area (Å²) in [5.74, 6) is 0. The first-order chi connectivity index (χ1) is 12.5. The van der Waals surface area contributed by atoms with Crippen molar-refractivity contribution in [3.05, 3.63) is 63.2 Å². The van der Waals surface area contributed by atoms with Crippen LogP contribution in [0.4, 0.5) is 0 Å². The highest BCUT2D eigenvalue weighted by molar-refractivity contribution is 14.1. The molecule has 7 heteroatoms. The molecule has 0 amide bonds. The van der Waals surface area contributed by atoms with Crippen LogP contribution in [0, 0.1) is 10.5 Å².